The first-order valence-corrected chi connectivity index (χ1v) is 12.2. The predicted molar refractivity (Wildman–Crippen MR) is 144 cm³/mol. The number of nitrogens with one attached hydrogen (secondary N) is 2. The number of carbonyl (C=O) groups excluding carboxylic acids is 2. The van der Waals surface area contributed by atoms with Gasteiger partial charge >= 0.3 is 6.03 Å². The van der Waals surface area contributed by atoms with Crippen molar-refractivity contribution in [3.8, 4) is 11.4 Å². The fourth-order valence-corrected chi connectivity index (χ4v) is 3.73. The van der Waals surface area contributed by atoms with Crippen molar-refractivity contribution in [1.29, 1.82) is 0 Å². The summed E-state index contributed by atoms with van der Waals surface area (Å²) in [6.45, 7) is 10.4. The molecule has 3 aromatic rings. The van der Waals surface area contributed by atoms with E-state index in [4.69, 9.17) is 21.4 Å². The van der Waals surface area contributed by atoms with Crippen molar-refractivity contribution in [2.45, 2.75) is 40.0 Å². The number of urea groups is 1. The van der Waals surface area contributed by atoms with Crippen LogP contribution in [0.3, 0.4) is 0 Å². The normalized spacial score (nSPS) is 11.3. The van der Waals surface area contributed by atoms with E-state index in [-0.39, 0.29) is 29.8 Å². The van der Waals surface area contributed by atoms with E-state index in [2.05, 4.69) is 31.4 Å². The molecule has 0 spiro atoms. The number of nitrogens with zero attached hydrogens (tertiary/aromatic N) is 3. The summed E-state index contributed by atoms with van der Waals surface area (Å²) in [4.78, 5) is 27.6. The molecular weight excluding hydrogens is 478 g/mol. The molecule has 2 N–H and O–H groups in total. The van der Waals surface area contributed by atoms with Crippen LogP contribution in [0.5, 0.6) is 5.75 Å². The maximum atomic E-state index is 13.1. The van der Waals surface area contributed by atoms with Crippen molar-refractivity contribution in [2.75, 3.05) is 30.8 Å². The highest BCUT2D eigenvalue weighted by atomic mass is 35.5. The molecule has 1 heterocycles. The van der Waals surface area contributed by atoms with Crippen LogP contribution < -0.4 is 15.4 Å². The molecule has 9 heteroatoms. The number of amides is 3. The molecule has 2 aromatic carbocycles. The van der Waals surface area contributed by atoms with Gasteiger partial charge in [0.2, 0.25) is 5.91 Å². The van der Waals surface area contributed by atoms with E-state index in [1.54, 1.807) is 36.1 Å². The maximum absolute atomic E-state index is 13.1. The van der Waals surface area contributed by atoms with Gasteiger partial charge in [-0.3, -0.25) is 4.79 Å². The van der Waals surface area contributed by atoms with Gasteiger partial charge in [-0.15, -0.1) is 0 Å². The fourth-order valence-electron chi connectivity index (χ4n) is 3.54. The minimum absolute atomic E-state index is 0.122. The molecule has 0 saturated carbocycles. The summed E-state index contributed by atoms with van der Waals surface area (Å²) in [5, 5.41) is 11.0. The molecule has 0 atom stereocenters. The fraction of sp³-hybridized carbons (Fsp3) is 0.370. The maximum Gasteiger partial charge on any atom is 0.322 e. The molecule has 3 amide bonds. The summed E-state index contributed by atoms with van der Waals surface area (Å²) in [5.41, 5.74) is 1.94. The molecule has 0 radical (unpaired) electrons. The van der Waals surface area contributed by atoms with E-state index in [0.717, 1.165) is 17.1 Å². The summed E-state index contributed by atoms with van der Waals surface area (Å²) in [6, 6.07) is 15.8. The van der Waals surface area contributed by atoms with Gasteiger partial charge < -0.3 is 20.3 Å². The van der Waals surface area contributed by atoms with Crippen molar-refractivity contribution in [3.05, 3.63) is 65.3 Å². The molecule has 0 fully saturated rings. The number of rotatable bonds is 8. The summed E-state index contributed by atoms with van der Waals surface area (Å²) in [7, 11) is 1.61. The van der Waals surface area contributed by atoms with Crippen LogP contribution in [0.1, 0.15) is 40.3 Å². The van der Waals surface area contributed by atoms with E-state index in [9.17, 15) is 9.59 Å². The summed E-state index contributed by atoms with van der Waals surface area (Å²) in [6.07, 6.45) is 0. The number of hydrogen-bond donors (Lipinski definition) is 2. The number of carbonyl (C=O) groups is 2. The number of anilines is 2. The summed E-state index contributed by atoms with van der Waals surface area (Å²) < 4.78 is 6.95. The topological polar surface area (TPSA) is 88.5 Å². The Morgan fingerprint density at radius 3 is 2.36 bits per heavy atom. The number of benzene rings is 2. The van der Waals surface area contributed by atoms with E-state index >= 15 is 0 Å². The van der Waals surface area contributed by atoms with Crippen LogP contribution >= 0.6 is 11.6 Å². The molecule has 8 nitrogen and oxygen atoms in total. The molecule has 0 aliphatic heterocycles. The van der Waals surface area contributed by atoms with Crippen LogP contribution in [0.25, 0.3) is 5.69 Å². The standard InChI is InChI=1S/C27H34ClN5O3/c1-18(2)16-32(26(35)29-20-9-7-8-19(28)14-20)17-25(34)30-24-15-23(27(3,4)5)31-33(24)21-10-12-22(36-6)13-11-21/h7-15,18H,16-17H2,1-6H3,(H,29,35)(H,30,34). The van der Waals surface area contributed by atoms with Crippen molar-refractivity contribution in [2.24, 2.45) is 5.92 Å². The van der Waals surface area contributed by atoms with Crippen molar-refractivity contribution >= 4 is 35.0 Å². The lowest BCUT2D eigenvalue weighted by molar-refractivity contribution is -0.116. The average molecular weight is 512 g/mol. The molecule has 1 aromatic heterocycles. The quantitative estimate of drug-likeness (QED) is 0.390. The Hall–Kier alpha value is -3.52. The first-order chi connectivity index (χ1) is 17.0. The second-order valence-corrected chi connectivity index (χ2v) is 10.5. The molecule has 192 valence electrons. The Bertz CT molecular complexity index is 1200. The zero-order valence-electron chi connectivity index (χ0n) is 21.6. The Kier molecular flexibility index (Phi) is 8.63. The Morgan fingerprint density at radius 1 is 1.08 bits per heavy atom. The van der Waals surface area contributed by atoms with E-state index in [0.29, 0.717) is 23.1 Å². The Labute approximate surface area is 217 Å². The highest BCUT2D eigenvalue weighted by molar-refractivity contribution is 6.30. The highest BCUT2D eigenvalue weighted by Gasteiger charge is 2.23. The second-order valence-electron chi connectivity index (χ2n) is 10.0. The monoisotopic (exact) mass is 511 g/mol. The van der Waals surface area contributed by atoms with E-state index in [1.165, 1.54) is 4.90 Å². The zero-order valence-corrected chi connectivity index (χ0v) is 22.4. The van der Waals surface area contributed by atoms with Gasteiger partial charge in [-0.05, 0) is 48.4 Å². The molecule has 0 aliphatic rings. The molecule has 0 aliphatic carbocycles. The average Bonchev–Trinajstić information content (AvgIpc) is 3.22. The summed E-state index contributed by atoms with van der Waals surface area (Å²) in [5.74, 6) is 1.09. The number of halogens is 1. The lowest BCUT2D eigenvalue weighted by Gasteiger charge is -2.24. The minimum atomic E-state index is -0.375. The van der Waals surface area contributed by atoms with Gasteiger partial charge in [0, 0.05) is 28.7 Å². The molecule has 0 unspecified atom stereocenters. The van der Waals surface area contributed by atoms with E-state index < -0.39 is 0 Å². The first kappa shape index (κ1) is 27.1. The van der Waals surface area contributed by atoms with Crippen LogP contribution in [0.4, 0.5) is 16.3 Å². The van der Waals surface area contributed by atoms with Gasteiger partial charge in [0.05, 0.1) is 18.5 Å². The van der Waals surface area contributed by atoms with Gasteiger partial charge in [0.1, 0.15) is 18.1 Å². The molecule has 3 rings (SSSR count). The van der Waals surface area contributed by atoms with Gasteiger partial charge in [0.15, 0.2) is 0 Å². The largest absolute Gasteiger partial charge is 0.497 e. The number of aromatic nitrogens is 2. The lowest BCUT2D eigenvalue weighted by atomic mass is 9.92. The van der Waals surface area contributed by atoms with Crippen molar-refractivity contribution in [3.63, 3.8) is 0 Å². The van der Waals surface area contributed by atoms with Gasteiger partial charge in [0.25, 0.3) is 0 Å². The molecule has 0 saturated heterocycles. The van der Waals surface area contributed by atoms with Gasteiger partial charge in [-0.25, -0.2) is 9.48 Å². The predicted octanol–water partition coefficient (Wildman–Crippen LogP) is 5.96. The minimum Gasteiger partial charge on any atom is -0.497 e. The number of methoxy groups -OCH3 is 1. The first-order valence-electron chi connectivity index (χ1n) is 11.8. The van der Waals surface area contributed by atoms with Crippen molar-refractivity contribution < 1.29 is 14.3 Å². The van der Waals surface area contributed by atoms with E-state index in [1.807, 2.05) is 44.2 Å². The van der Waals surface area contributed by atoms with Crippen LogP contribution in [0, 0.1) is 5.92 Å². The SMILES string of the molecule is COc1ccc(-n2nc(C(C)(C)C)cc2NC(=O)CN(CC(C)C)C(=O)Nc2cccc(Cl)c2)cc1. The number of hydrogen-bond acceptors (Lipinski definition) is 4. The third kappa shape index (κ3) is 7.24. The number of ether oxygens (including phenoxy) is 1. The highest BCUT2D eigenvalue weighted by Crippen LogP contribution is 2.27. The summed E-state index contributed by atoms with van der Waals surface area (Å²) >= 11 is 6.04. The van der Waals surface area contributed by atoms with Crippen LogP contribution in [-0.2, 0) is 10.2 Å². The van der Waals surface area contributed by atoms with Crippen LogP contribution in [-0.4, -0.2) is 46.8 Å². The second kappa shape index (κ2) is 11.5. The zero-order chi connectivity index (χ0) is 26.5. The molecular formula is C27H34ClN5O3. The lowest BCUT2D eigenvalue weighted by Crippen LogP contribution is -2.42. The van der Waals surface area contributed by atoms with Crippen LogP contribution in [0.15, 0.2) is 54.6 Å². The van der Waals surface area contributed by atoms with Gasteiger partial charge in [-0.2, -0.15) is 5.10 Å². The molecule has 36 heavy (non-hydrogen) atoms. The van der Waals surface area contributed by atoms with Crippen LogP contribution in [0.2, 0.25) is 5.02 Å². The Morgan fingerprint density at radius 2 is 1.78 bits per heavy atom. The smallest absolute Gasteiger partial charge is 0.322 e. The third-order valence-electron chi connectivity index (χ3n) is 5.35. The van der Waals surface area contributed by atoms with Crippen molar-refractivity contribution in [1.82, 2.24) is 14.7 Å². The third-order valence-corrected chi connectivity index (χ3v) is 5.58. The van der Waals surface area contributed by atoms with Gasteiger partial charge in [-0.1, -0.05) is 52.3 Å². The Balaban J connectivity index is 1.82. The molecule has 0 bridgehead atoms.